The van der Waals surface area contributed by atoms with Gasteiger partial charge in [-0.25, -0.2) is 0 Å². The number of allylic oxidation sites excluding steroid dienone is 4. The van der Waals surface area contributed by atoms with Crippen molar-refractivity contribution in [3.05, 3.63) is 24.3 Å². The Balaban J connectivity index is 3.53. The summed E-state index contributed by atoms with van der Waals surface area (Å²) in [5.74, 6) is -0.0379. The Hall–Kier alpha value is -1.13. The van der Waals surface area contributed by atoms with E-state index in [1.54, 1.807) is 0 Å². The van der Waals surface area contributed by atoms with E-state index in [1.165, 1.54) is 173 Å². The van der Waals surface area contributed by atoms with Crippen molar-refractivity contribution in [2.24, 2.45) is 0 Å². The van der Waals surface area contributed by atoms with Crippen LogP contribution in [0.1, 0.15) is 232 Å². The van der Waals surface area contributed by atoms with Crippen molar-refractivity contribution in [3.63, 3.8) is 0 Å². The molecular weight excluding hydrogens is 590 g/mol. The Morgan fingerprint density at radius 2 is 0.854 bits per heavy atom. The lowest BCUT2D eigenvalue weighted by atomic mass is 10.0. The number of hydrogen-bond acceptors (Lipinski definition) is 3. The van der Waals surface area contributed by atoms with E-state index < -0.39 is 12.1 Å². The third kappa shape index (κ3) is 36.2. The van der Waals surface area contributed by atoms with E-state index in [4.69, 9.17) is 0 Å². The van der Waals surface area contributed by atoms with Crippen LogP contribution in [0.3, 0.4) is 0 Å². The van der Waals surface area contributed by atoms with Gasteiger partial charge < -0.3 is 15.5 Å². The fourth-order valence-corrected chi connectivity index (χ4v) is 6.63. The van der Waals surface area contributed by atoms with E-state index in [2.05, 4.69) is 43.5 Å². The summed E-state index contributed by atoms with van der Waals surface area (Å²) in [6.07, 6.45) is 51.0. The van der Waals surface area contributed by atoms with Crippen molar-refractivity contribution in [3.8, 4) is 0 Å². The molecule has 0 aliphatic heterocycles. The number of nitrogens with one attached hydrogen (secondary N) is 1. The molecule has 0 fully saturated rings. The van der Waals surface area contributed by atoms with E-state index in [9.17, 15) is 15.0 Å². The highest BCUT2D eigenvalue weighted by molar-refractivity contribution is 5.76. The van der Waals surface area contributed by atoms with Crippen molar-refractivity contribution in [2.75, 3.05) is 6.61 Å². The number of rotatable bonds is 39. The minimum atomic E-state index is -0.661. The number of carbonyl (C=O) groups is 1. The van der Waals surface area contributed by atoms with Gasteiger partial charge in [0, 0.05) is 6.42 Å². The van der Waals surface area contributed by atoms with Crippen molar-refractivity contribution < 1.29 is 15.0 Å². The molecule has 0 rings (SSSR count). The van der Waals surface area contributed by atoms with Gasteiger partial charge in [-0.2, -0.15) is 0 Å². The van der Waals surface area contributed by atoms with Crippen LogP contribution in [-0.2, 0) is 4.79 Å². The zero-order chi connectivity index (χ0) is 35.0. The van der Waals surface area contributed by atoms with Crippen LogP contribution in [0.4, 0.5) is 0 Å². The number of aliphatic hydroxyl groups is 2. The first-order valence-corrected chi connectivity index (χ1v) is 21.5. The molecule has 0 heterocycles. The summed E-state index contributed by atoms with van der Waals surface area (Å²) in [5, 5.41) is 23.2. The molecule has 0 bridgehead atoms. The Labute approximate surface area is 300 Å². The lowest BCUT2D eigenvalue weighted by molar-refractivity contribution is -0.123. The van der Waals surface area contributed by atoms with Gasteiger partial charge in [0.2, 0.25) is 5.91 Å². The van der Waals surface area contributed by atoms with Gasteiger partial charge in [-0.3, -0.25) is 4.79 Å². The van der Waals surface area contributed by atoms with Gasteiger partial charge in [0.15, 0.2) is 0 Å². The fraction of sp³-hybridized carbons (Fsp3) is 0.886. The standard InChI is InChI=1S/C44H85NO3/c1-3-5-7-9-11-13-15-17-19-21-23-25-27-29-31-33-35-37-39-43(47)42(41-46)45-44(48)40-38-36-34-32-30-28-26-24-22-20-18-16-14-12-10-8-6-4-2/h14,16,20,22,42-43,46-47H,3-13,15,17-19,21,23-41H2,1-2H3,(H,45,48)/b16-14-,22-20-. The molecule has 0 aromatic carbocycles. The molecular formula is C44H85NO3. The molecule has 4 heteroatoms. The van der Waals surface area contributed by atoms with Gasteiger partial charge in [0.1, 0.15) is 0 Å². The molecule has 0 spiro atoms. The lowest BCUT2D eigenvalue weighted by Crippen LogP contribution is -2.45. The van der Waals surface area contributed by atoms with Crippen molar-refractivity contribution in [1.82, 2.24) is 5.32 Å². The molecule has 0 aromatic heterocycles. The molecule has 0 saturated carbocycles. The zero-order valence-electron chi connectivity index (χ0n) is 32.5. The molecule has 0 aliphatic carbocycles. The molecule has 2 atom stereocenters. The Kier molecular flexibility index (Phi) is 39.4. The first-order chi connectivity index (χ1) is 23.7. The first kappa shape index (κ1) is 46.9. The SMILES string of the molecule is CCCCCC/C=C\C/C=C\CCCCCCCCCC(=O)NC(CO)C(O)CCCCCCCCCCCCCCCCCCCC. The molecule has 1 amide bonds. The van der Waals surface area contributed by atoms with Gasteiger partial charge in [0.25, 0.3) is 0 Å². The first-order valence-electron chi connectivity index (χ1n) is 21.5. The summed E-state index contributed by atoms with van der Waals surface area (Å²) in [4.78, 5) is 12.4. The van der Waals surface area contributed by atoms with Crippen LogP contribution in [0.2, 0.25) is 0 Å². The van der Waals surface area contributed by atoms with Crippen LogP contribution >= 0.6 is 0 Å². The van der Waals surface area contributed by atoms with Crippen LogP contribution in [-0.4, -0.2) is 34.9 Å². The van der Waals surface area contributed by atoms with E-state index in [1.807, 2.05) is 0 Å². The predicted octanol–water partition coefficient (Wildman–Crippen LogP) is 13.2. The fourth-order valence-electron chi connectivity index (χ4n) is 6.63. The van der Waals surface area contributed by atoms with Gasteiger partial charge in [-0.05, 0) is 44.9 Å². The van der Waals surface area contributed by atoms with E-state index >= 15 is 0 Å². The molecule has 0 aliphatic rings. The number of aliphatic hydroxyl groups excluding tert-OH is 2. The maximum absolute atomic E-state index is 12.4. The molecule has 4 nitrogen and oxygen atoms in total. The molecule has 284 valence electrons. The second-order valence-electron chi connectivity index (χ2n) is 14.8. The molecule has 0 saturated heterocycles. The number of hydrogen-bond donors (Lipinski definition) is 3. The van der Waals surface area contributed by atoms with Crippen LogP contribution < -0.4 is 5.32 Å². The number of amides is 1. The lowest BCUT2D eigenvalue weighted by Gasteiger charge is -2.22. The van der Waals surface area contributed by atoms with Gasteiger partial charge in [0.05, 0.1) is 18.8 Å². The zero-order valence-corrected chi connectivity index (χ0v) is 32.5. The molecule has 0 radical (unpaired) electrons. The summed E-state index contributed by atoms with van der Waals surface area (Å²) in [7, 11) is 0. The quantitative estimate of drug-likeness (QED) is 0.0448. The van der Waals surface area contributed by atoms with Gasteiger partial charge in [-0.1, -0.05) is 205 Å². The van der Waals surface area contributed by atoms with Crippen LogP contribution in [0.5, 0.6) is 0 Å². The maximum Gasteiger partial charge on any atom is 0.220 e. The van der Waals surface area contributed by atoms with Gasteiger partial charge in [-0.15, -0.1) is 0 Å². The third-order valence-corrected chi connectivity index (χ3v) is 9.97. The smallest absolute Gasteiger partial charge is 0.220 e. The van der Waals surface area contributed by atoms with Crippen molar-refractivity contribution >= 4 is 5.91 Å². The van der Waals surface area contributed by atoms with Crippen LogP contribution in [0.25, 0.3) is 0 Å². The molecule has 0 aromatic rings. The van der Waals surface area contributed by atoms with E-state index in [0.29, 0.717) is 12.8 Å². The van der Waals surface area contributed by atoms with Crippen LogP contribution in [0.15, 0.2) is 24.3 Å². The van der Waals surface area contributed by atoms with E-state index in [0.717, 1.165) is 32.1 Å². The average molecular weight is 676 g/mol. The second kappa shape index (κ2) is 40.3. The highest BCUT2D eigenvalue weighted by Gasteiger charge is 2.19. The minimum absolute atomic E-state index is 0.0379. The Morgan fingerprint density at radius 3 is 1.27 bits per heavy atom. The Morgan fingerprint density at radius 1 is 0.500 bits per heavy atom. The van der Waals surface area contributed by atoms with Crippen molar-refractivity contribution in [1.29, 1.82) is 0 Å². The number of carbonyl (C=O) groups excluding carboxylic acids is 1. The Bertz CT molecular complexity index is 691. The summed E-state index contributed by atoms with van der Waals surface area (Å²) in [6, 6.07) is -0.538. The number of unbranched alkanes of at least 4 members (excludes halogenated alkanes) is 28. The highest BCUT2D eigenvalue weighted by atomic mass is 16.3. The monoisotopic (exact) mass is 676 g/mol. The van der Waals surface area contributed by atoms with Crippen LogP contribution in [0, 0.1) is 0 Å². The summed E-state index contributed by atoms with van der Waals surface area (Å²) < 4.78 is 0. The maximum atomic E-state index is 12.4. The largest absolute Gasteiger partial charge is 0.394 e. The third-order valence-electron chi connectivity index (χ3n) is 9.97. The summed E-state index contributed by atoms with van der Waals surface area (Å²) in [5.41, 5.74) is 0. The minimum Gasteiger partial charge on any atom is -0.394 e. The molecule has 3 N–H and O–H groups in total. The molecule has 2 unspecified atom stereocenters. The topological polar surface area (TPSA) is 69.6 Å². The second-order valence-corrected chi connectivity index (χ2v) is 14.8. The normalized spacial score (nSPS) is 13.2. The molecule has 48 heavy (non-hydrogen) atoms. The highest BCUT2D eigenvalue weighted by Crippen LogP contribution is 2.16. The predicted molar refractivity (Wildman–Crippen MR) is 212 cm³/mol. The van der Waals surface area contributed by atoms with Gasteiger partial charge >= 0.3 is 0 Å². The van der Waals surface area contributed by atoms with E-state index in [-0.39, 0.29) is 12.5 Å². The summed E-state index contributed by atoms with van der Waals surface area (Å²) >= 11 is 0. The van der Waals surface area contributed by atoms with Crippen molar-refractivity contribution in [2.45, 2.75) is 244 Å². The summed E-state index contributed by atoms with van der Waals surface area (Å²) in [6.45, 7) is 4.35. The average Bonchev–Trinajstić information content (AvgIpc) is 3.09.